The molecule has 5 heteroatoms. The van der Waals surface area contributed by atoms with Gasteiger partial charge < -0.3 is 0 Å². The molecule has 96 valence electrons. The van der Waals surface area contributed by atoms with Crippen LogP contribution < -0.4 is 0 Å². The van der Waals surface area contributed by atoms with Gasteiger partial charge in [-0.1, -0.05) is 39.1 Å². The second kappa shape index (κ2) is 5.49. The second-order valence-corrected chi connectivity index (χ2v) is 7.30. The normalized spacial score (nSPS) is 12.8. The Morgan fingerprint density at radius 3 is 2.17 bits per heavy atom. The lowest BCUT2D eigenvalue weighted by molar-refractivity contribution is 0.624. The maximum Gasteiger partial charge on any atom is 0.123 e. The Balaban J connectivity index is 2.52. The van der Waals surface area contributed by atoms with Gasteiger partial charge in [0.15, 0.2) is 0 Å². The molecule has 1 aromatic carbocycles. The maximum atomic E-state index is 13.3. The maximum absolute atomic E-state index is 13.3. The summed E-state index contributed by atoms with van der Waals surface area (Å²) in [4.78, 5) is -0.0747. The molecule has 0 bridgehead atoms. The first-order chi connectivity index (χ1) is 8.40. The Hall–Kier alpha value is -0.0900. The van der Waals surface area contributed by atoms with Crippen molar-refractivity contribution in [3.8, 4) is 0 Å². The molecule has 2 rings (SSSR count). The van der Waals surface area contributed by atoms with Crippen molar-refractivity contribution < 1.29 is 4.39 Å². The molecule has 0 amide bonds. The van der Waals surface area contributed by atoms with Crippen LogP contribution in [0.25, 0.3) is 0 Å². The molecule has 0 spiro atoms. The molecule has 0 N–H and O–H groups in total. The van der Waals surface area contributed by atoms with Crippen molar-refractivity contribution in [1.29, 1.82) is 0 Å². The predicted molar refractivity (Wildman–Crippen MR) is 81.0 cm³/mol. The second-order valence-electron chi connectivity index (χ2n) is 4.10. The number of benzene rings is 1. The summed E-state index contributed by atoms with van der Waals surface area (Å²) in [6.45, 7) is 3.78. The highest BCUT2D eigenvalue weighted by atomic mass is 79.9. The monoisotopic (exact) mass is 366 g/mol. The molecule has 0 aliphatic heterocycles. The Kier molecular flexibility index (Phi) is 4.37. The molecule has 0 saturated heterocycles. The average molecular weight is 368 g/mol. The largest absolute Gasteiger partial charge is 0.207 e. The zero-order valence-electron chi connectivity index (χ0n) is 9.73. The van der Waals surface area contributed by atoms with Gasteiger partial charge in [-0.3, -0.25) is 0 Å². The summed E-state index contributed by atoms with van der Waals surface area (Å²) in [6, 6.07) is 4.90. The fourth-order valence-electron chi connectivity index (χ4n) is 2.00. The lowest BCUT2D eigenvalue weighted by Crippen LogP contribution is -1.99. The van der Waals surface area contributed by atoms with Crippen LogP contribution in [0.15, 0.2) is 18.2 Å². The van der Waals surface area contributed by atoms with Gasteiger partial charge in [-0.25, -0.2) is 4.39 Å². The summed E-state index contributed by atoms with van der Waals surface area (Å²) in [6.07, 6.45) is 0. The van der Waals surface area contributed by atoms with Crippen molar-refractivity contribution in [3.05, 3.63) is 54.9 Å². The summed E-state index contributed by atoms with van der Waals surface area (Å²) >= 11 is 17.1. The number of alkyl halides is 1. The molecule has 1 heterocycles. The molecule has 0 radical (unpaired) electrons. The number of aryl methyl sites for hydroxylation is 2. The van der Waals surface area contributed by atoms with E-state index in [-0.39, 0.29) is 10.6 Å². The van der Waals surface area contributed by atoms with Crippen LogP contribution in [0.4, 0.5) is 4.39 Å². The van der Waals surface area contributed by atoms with Crippen molar-refractivity contribution in [1.82, 2.24) is 0 Å². The van der Waals surface area contributed by atoms with Crippen LogP contribution >= 0.6 is 50.5 Å². The van der Waals surface area contributed by atoms with Crippen molar-refractivity contribution in [2.45, 2.75) is 18.7 Å². The molecular weight excluding hydrogens is 358 g/mol. The SMILES string of the molecule is Cc1cc(F)cc(C)c1C(Br)c1cc(Cl)sc1Cl. The summed E-state index contributed by atoms with van der Waals surface area (Å²) in [5.41, 5.74) is 3.75. The van der Waals surface area contributed by atoms with Crippen LogP contribution in [0, 0.1) is 19.7 Å². The van der Waals surface area contributed by atoms with Gasteiger partial charge in [-0.2, -0.15) is 0 Å². The lowest BCUT2D eigenvalue weighted by Gasteiger charge is -2.16. The van der Waals surface area contributed by atoms with Gasteiger partial charge in [0, 0.05) is 5.56 Å². The lowest BCUT2D eigenvalue weighted by atomic mass is 9.97. The molecule has 1 atom stereocenters. The smallest absolute Gasteiger partial charge is 0.123 e. The Morgan fingerprint density at radius 2 is 1.72 bits per heavy atom. The van der Waals surface area contributed by atoms with E-state index < -0.39 is 0 Å². The Morgan fingerprint density at radius 1 is 1.17 bits per heavy atom. The summed E-state index contributed by atoms with van der Waals surface area (Å²) < 4.78 is 14.6. The molecule has 1 unspecified atom stereocenters. The first-order valence-electron chi connectivity index (χ1n) is 5.25. The third-order valence-corrected chi connectivity index (χ3v) is 5.24. The van der Waals surface area contributed by atoms with Crippen LogP contribution in [0.1, 0.15) is 27.1 Å². The number of thiophene rings is 1. The van der Waals surface area contributed by atoms with Crippen molar-refractivity contribution in [2.24, 2.45) is 0 Å². The molecule has 0 aliphatic rings. The van der Waals surface area contributed by atoms with Crippen molar-refractivity contribution in [3.63, 3.8) is 0 Å². The highest BCUT2D eigenvalue weighted by Gasteiger charge is 2.20. The van der Waals surface area contributed by atoms with E-state index in [1.165, 1.54) is 23.5 Å². The van der Waals surface area contributed by atoms with Crippen LogP contribution in [0.5, 0.6) is 0 Å². The van der Waals surface area contributed by atoms with Gasteiger partial charge >= 0.3 is 0 Å². The topological polar surface area (TPSA) is 0 Å². The zero-order chi connectivity index (χ0) is 13.4. The summed E-state index contributed by atoms with van der Waals surface area (Å²) in [5, 5.41) is 0. The number of rotatable bonds is 2. The van der Waals surface area contributed by atoms with Gasteiger partial charge in [-0.15, -0.1) is 11.3 Å². The number of halogens is 4. The van der Waals surface area contributed by atoms with E-state index in [1.54, 1.807) is 0 Å². The van der Waals surface area contributed by atoms with Gasteiger partial charge in [-0.05, 0) is 48.7 Å². The first kappa shape index (κ1) is 14.3. The summed E-state index contributed by atoms with van der Waals surface area (Å²) in [7, 11) is 0. The number of hydrogen-bond donors (Lipinski definition) is 0. The molecule has 18 heavy (non-hydrogen) atoms. The van der Waals surface area contributed by atoms with Crippen LogP contribution in [0.2, 0.25) is 8.67 Å². The fraction of sp³-hybridized carbons (Fsp3) is 0.231. The van der Waals surface area contributed by atoms with E-state index in [0.717, 1.165) is 22.3 Å². The van der Waals surface area contributed by atoms with E-state index in [2.05, 4.69) is 15.9 Å². The van der Waals surface area contributed by atoms with Gasteiger partial charge in [0.25, 0.3) is 0 Å². The van der Waals surface area contributed by atoms with Crippen LogP contribution in [-0.4, -0.2) is 0 Å². The molecule has 0 saturated carbocycles. The van der Waals surface area contributed by atoms with E-state index in [1.807, 2.05) is 19.9 Å². The van der Waals surface area contributed by atoms with Crippen molar-refractivity contribution in [2.75, 3.05) is 0 Å². The van der Waals surface area contributed by atoms with Gasteiger partial charge in [0.2, 0.25) is 0 Å². The Bertz CT molecular complexity index is 572. The highest BCUT2D eigenvalue weighted by molar-refractivity contribution is 9.09. The minimum absolute atomic E-state index is 0.0747. The molecule has 2 aromatic rings. The highest BCUT2D eigenvalue weighted by Crippen LogP contribution is 2.43. The average Bonchev–Trinajstić information content (AvgIpc) is 2.56. The quantitative estimate of drug-likeness (QED) is 0.546. The Labute approximate surface area is 128 Å². The van der Waals surface area contributed by atoms with E-state index in [4.69, 9.17) is 23.2 Å². The molecule has 0 nitrogen and oxygen atoms in total. The van der Waals surface area contributed by atoms with Crippen molar-refractivity contribution >= 4 is 50.5 Å². The molecule has 1 aromatic heterocycles. The minimum Gasteiger partial charge on any atom is -0.207 e. The standard InChI is InChI=1S/C13H10BrCl2FS/c1-6-3-8(17)4-7(2)11(6)12(14)9-5-10(15)18-13(9)16/h3-5,12H,1-2H3. The van der Waals surface area contributed by atoms with Gasteiger partial charge in [0.1, 0.15) is 5.82 Å². The third kappa shape index (κ3) is 2.74. The minimum atomic E-state index is -0.220. The fourth-order valence-corrected chi connectivity index (χ4v) is 4.90. The number of hydrogen-bond acceptors (Lipinski definition) is 1. The van der Waals surface area contributed by atoms with Gasteiger partial charge in [0.05, 0.1) is 13.5 Å². The third-order valence-electron chi connectivity index (χ3n) is 2.77. The molecule has 0 fully saturated rings. The molecular formula is C13H10BrCl2FS. The predicted octanol–water partition coefficient (Wildman–Crippen LogP) is 6.30. The van der Waals surface area contributed by atoms with Crippen LogP contribution in [-0.2, 0) is 0 Å². The zero-order valence-corrected chi connectivity index (χ0v) is 13.6. The van der Waals surface area contributed by atoms with E-state index in [0.29, 0.717) is 8.67 Å². The molecule has 0 aliphatic carbocycles. The van der Waals surface area contributed by atoms with Crippen LogP contribution in [0.3, 0.4) is 0 Å². The van der Waals surface area contributed by atoms with E-state index in [9.17, 15) is 4.39 Å². The summed E-state index contributed by atoms with van der Waals surface area (Å²) in [5.74, 6) is -0.220. The first-order valence-corrected chi connectivity index (χ1v) is 7.74. The van der Waals surface area contributed by atoms with E-state index >= 15 is 0 Å².